The van der Waals surface area contributed by atoms with Gasteiger partial charge in [0, 0.05) is 10.7 Å². The van der Waals surface area contributed by atoms with Crippen molar-refractivity contribution in [1.29, 1.82) is 0 Å². The Hall–Kier alpha value is 0.130. The highest BCUT2D eigenvalue weighted by atomic mass is 79.9. The van der Waals surface area contributed by atoms with Crippen LogP contribution < -0.4 is 0 Å². The van der Waals surface area contributed by atoms with Crippen LogP contribution >= 0.6 is 15.9 Å². The van der Waals surface area contributed by atoms with Crippen molar-refractivity contribution in [3.63, 3.8) is 0 Å². The van der Waals surface area contributed by atoms with Gasteiger partial charge < -0.3 is 0 Å². The summed E-state index contributed by atoms with van der Waals surface area (Å²) in [4.78, 5) is 0. The zero-order valence-electron chi connectivity index (χ0n) is 6.47. The summed E-state index contributed by atoms with van der Waals surface area (Å²) in [5, 5.41) is -0.410. The van der Waals surface area contributed by atoms with Crippen LogP contribution in [-0.4, -0.2) is 17.4 Å². The molecule has 74 valence electrons. The lowest BCUT2D eigenvalue weighted by molar-refractivity contribution is -0.316. The van der Waals surface area contributed by atoms with Gasteiger partial charge in [0.1, 0.15) is 0 Å². The second-order valence-electron chi connectivity index (χ2n) is 3.09. The number of rotatable bonds is 2. The van der Waals surface area contributed by atoms with E-state index < -0.39 is 22.8 Å². The predicted molar refractivity (Wildman–Crippen MR) is 38.6 cm³/mol. The largest absolute Gasteiger partial charge is 0.453 e. The molecule has 0 aromatic heterocycles. The van der Waals surface area contributed by atoms with Gasteiger partial charge in [-0.1, -0.05) is 29.8 Å². The topological polar surface area (TPSA) is 0 Å². The van der Waals surface area contributed by atoms with Crippen LogP contribution in [0.5, 0.6) is 0 Å². The fraction of sp³-hybridized carbons (Fsp3) is 1.00. The van der Waals surface area contributed by atoms with E-state index in [1.807, 2.05) is 0 Å². The SMILES string of the molecule is CC(C)(CBr)C(F)(F)C(F)(F)F. The molecular weight excluding hydrogens is 247 g/mol. The minimum atomic E-state index is -5.48. The monoisotopic (exact) mass is 254 g/mol. The molecule has 0 heterocycles. The molecule has 0 aliphatic carbocycles. The van der Waals surface area contributed by atoms with E-state index in [1.54, 1.807) is 0 Å². The van der Waals surface area contributed by atoms with E-state index in [2.05, 4.69) is 15.9 Å². The molecule has 0 aromatic rings. The minimum Gasteiger partial charge on any atom is -0.196 e. The van der Waals surface area contributed by atoms with Crippen molar-refractivity contribution >= 4 is 15.9 Å². The quantitative estimate of drug-likeness (QED) is 0.522. The van der Waals surface area contributed by atoms with E-state index in [4.69, 9.17) is 0 Å². The Morgan fingerprint density at radius 3 is 1.42 bits per heavy atom. The summed E-state index contributed by atoms with van der Waals surface area (Å²) in [6.45, 7) is 1.71. The van der Waals surface area contributed by atoms with Crippen molar-refractivity contribution < 1.29 is 22.0 Å². The van der Waals surface area contributed by atoms with E-state index in [9.17, 15) is 22.0 Å². The molecule has 0 aromatic carbocycles. The van der Waals surface area contributed by atoms with Gasteiger partial charge in [-0.15, -0.1) is 0 Å². The van der Waals surface area contributed by atoms with Crippen LogP contribution in [0.1, 0.15) is 13.8 Å². The second kappa shape index (κ2) is 3.12. The van der Waals surface area contributed by atoms with E-state index in [0.717, 1.165) is 13.8 Å². The first-order valence-electron chi connectivity index (χ1n) is 3.07. The Labute approximate surface area is 75.3 Å². The molecule has 0 aliphatic rings. The van der Waals surface area contributed by atoms with Gasteiger partial charge in [-0.3, -0.25) is 0 Å². The maximum absolute atomic E-state index is 12.6. The summed E-state index contributed by atoms with van der Waals surface area (Å²) in [7, 11) is 0. The van der Waals surface area contributed by atoms with Crippen molar-refractivity contribution in [2.75, 3.05) is 5.33 Å². The first-order chi connectivity index (χ1) is 5.06. The van der Waals surface area contributed by atoms with E-state index in [1.165, 1.54) is 0 Å². The van der Waals surface area contributed by atoms with Crippen molar-refractivity contribution in [2.45, 2.75) is 25.9 Å². The molecule has 0 saturated heterocycles. The highest BCUT2D eigenvalue weighted by Crippen LogP contribution is 2.48. The van der Waals surface area contributed by atoms with Gasteiger partial charge in [-0.25, -0.2) is 0 Å². The third kappa shape index (κ3) is 1.89. The Morgan fingerprint density at radius 2 is 1.33 bits per heavy atom. The van der Waals surface area contributed by atoms with Crippen LogP contribution in [0.2, 0.25) is 0 Å². The van der Waals surface area contributed by atoms with Gasteiger partial charge in [0.15, 0.2) is 0 Å². The van der Waals surface area contributed by atoms with Crippen LogP contribution in [0.3, 0.4) is 0 Å². The Balaban J connectivity index is 4.85. The number of hydrogen-bond acceptors (Lipinski definition) is 0. The van der Waals surface area contributed by atoms with E-state index in [0.29, 0.717) is 0 Å². The molecule has 0 nitrogen and oxygen atoms in total. The number of alkyl halides is 6. The average molecular weight is 255 g/mol. The van der Waals surface area contributed by atoms with Crippen LogP contribution in [0.4, 0.5) is 22.0 Å². The summed E-state index contributed by atoms with van der Waals surface area (Å²) in [5.74, 6) is -4.66. The number of hydrogen-bond donors (Lipinski definition) is 0. The molecule has 0 radical (unpaired) electrons. The van der Waals surface area contributed by atoms with Crippen LogP contribution in [0.15, 0.2) is 0 Å². The Morgan fingerprint density at radius 1 is 1.00 bits per heavy atom. The third-order valence-electron chi connectivity index (χ3n) is 1.54. The molecule has 0 spiro atoms. The van der Waals surface area contributed by atoms with Gasteiger partial charge >= 0.3 is 12.1 Å². The van der Waals surface area contributed by atoms with Crippen LogP contribution in [0, 0.1) is 5.41 Å². The van der Waals surface area contributed by atoms with E-state index in [-0.39, 0.29) is 0 Å². The zero-order chi connectivity index (χ0) is 10.2. The first-order valence-corrected chi connectivity index (χ1v) is 4.19. The molecule has 0 saturated carbocycles. The average Bonchev–Trinajstić information content (AvgIpc) is 1.85. The first kappa shape index (κ1) is 12.1. The highest BCUT2D eigenvalue weighted by Gasteiger charge is 2.65. The molecule has 0 amide bonds. The van der Waals surface area contributed by atoms with Crippen molar-refractivity contribution in [2.24, 2.45) is 5.41 Å². The molecule has 0 aliphatic heterocycles. The van der Waals surface area contributed by atoms with Crippen molar-refractivity contribution in [3.05, 3.63) is 0 Å². The van der Waals surface area contributed by atoms with Crippen LogP contribution in [-0.2, 0) is 0 Å². The lowest BCUT2D eigenvalue weighted by atomic mass is 9.87. The summed E-state index contributed by atoms with van der Waals surface area (Å²) in [6, 6.07) is 0. The van der Waals surface area contributed by atoms with Gasteiger partial charge in [0.05, 0.1) is 0 Å². The molecule has 0 bridgehead atoms. The highest BCUT2D eigenvalue weighted by molar-refractivity contribution is 9.09. The number of halogens is 6. The maximum atomic E-state index is 12.6. The van der Waals surface area contributed by atoms with Crippen LogP contribution in [0.25, 0.3) is 0 Å². The van der Waals surface area contributed by atoms with Gasteiger partial charge in [0.25, 0.3) is 0 Å². The Bertz CT molecular complexity index is 160. The minimum absolute atomic E-state index is 0.410. The predicted octanol–water partition coefficient (Wildman–Crippen LogP) is 3.61. The third-order valence-corrected chi connectivity index (χ3v) is 2.94. The molecule has 0 fully saturated rings. The normalized spacial score (nSPS) is 15.0. The molecule has 0 atom stereocenters. The smallest absolute Gasteiger partial charge is 0.196 e. The molecule has 6 heteroatoms. The summed E-state index contributed by atoms with van der Waals surface area (Å²) in [6.07, 6.45) is -5.48. The molecule has 12 heavy (non-hydrogen) atoms. The van der Waals surface area contributed by atoms with Crippen molar-refractivity contribution in [3.8, 4) is 0 Å². The summed E-state index contributed by atoms with van der Waals surface area (Å²) < 4.78 is 60.3. The van der Waals surface area contributed by atoms with Crippen molar-refractivity contribution in [1.82, 2.24) is 0 Å². The molecule has 0 rings (SSSR count). The summed E-state index contributed by atoms with van der Waals surface area (Å²) >= 11 is 2.62. The lowest BCUT2D eigenvalue weighted by Gasteiger charge is -2.33. The molecule has 0 unspecified atom stereocenters. The van der Waals surface area contributed by atoms with Gasteiger partial charge in [-0.2, -0.15) is 22.0 Å². The molecule has 0 N–H and O–H groups in total. The molecular formula is C6H8BrF5. The van der Waals surface area contributed by atoms with Gasteiger partial charge in [-0.05, 0) is 0 Å². The fourth-order valence-electron chi connectivity index (χ4n) is 0.468. The zero-order valence-corrected chi connectivity index (χ0v) is 8.06. The Kier molecular flexibility index (Phi) is 3.15. The second-order valence-corrected chi connectivity index (χ2v) is 3.65. The standard InChI is InChI=1S/C6H8BrF5/c1-4(2,3-7)5(8,9)6(10,11)12/h3H2,1-2H3. The lowest BCUT2D eigenvalue weighted by Crippen LogP contribution is -2.49. The fourth-order valence-corrected chi connectivity index (χ4v) is 0.820. The summed E-state index contributed by atoms with van der Waals surface area (Å²) in [5.41, 5.74) is -2.12. The maximum Gasteiger partial charge on any atom is 0.453 e. The van der Waals surface area contributed by atoms with Gasteiger partial charge in [0.2, 0.25) is 0 Å². The van der Waals surface area contributed by atoms with E-state index >= 15 is 0 Å².